The van der Waals surface area contributed by atoms with Gasteiger partial charge in [0.2, 0.25) is 5.91 Å². The third kappa shape index (κ3) is 8.23. The number of carbonyl (C=O) groups is 1. The molecule has 0 rings (SSSR count). The van der Waals surface area contributed by atoms with Crippen molar-refractivity contribution >= 4 is 5.91 Å². The van der Waals surface area contributed by atoms with Crippen LogP contribution < -0.4 is 11.1 Å². The highest BCUT2D eigenvalue weighted by Gasteiger charge is 2.26. The Hall–Kier alpha value is -0.780. The second kappa shape index (κ2) is 5.95. The molecular weight excluding hydrogens is 209 g/mol. The molecule has 0 saturated carbocycles. The molecular formula is C9H17F3N2O. The average molecular weight is 226 g/mol. The summed E-state index contributed by atoms with van der Waals surface area (Å²) in [6.45, 7) is 3.33. The molecule has 0 aliphatic rings. The maximum Gasteiger partial charge on any atom is 0.390 e. The van der Waals surface area contributed by atoms with Crippen LogP contribution in [-0.2, 0) is 4.79 Å². The van der Waals surface area contributed by atoms with Crippen LogP contribution in [0.5, 0.6) is 0 Å². The molecule has 1 unspecified atom stereocenters. The second-order valence-corrected chi connectivity index (χ2v) is 3.83. The summed E-state index contributed by atoms with van der Waals surface area (Å²) in [6.07, 6.45) is -5.17. The van der Waals surface area contributed by atoms with Gasteiger partial charge in [-0.3, -0.25) is 4.79 Å². The Morgan fingerprint density at radius 3 is 2.33 bits per heavy atom. The highest BCUT2D eigenvalue weighted by atomic mass is 19.4. The van der Waals surface area contributed by atoms with Crippen molar-refractivity contribution in [3.05, 3.63) is 0 Å². The molecule has 0 aliphatic carbocycles. The van der Waals surface area contributed by atoms with Crippen molar-refractivity contribution < 1.29 is 18.0 Å². The normalized spacial score (nSPS) is 14.1. The standard InChI is InChI=1S/C9H17F3N2O/c1-6(2)7(13)5-8(15)14-4-3-9(10,11)12/h6-7H,3-5,13H2,1-2H3,(H,14,15). The van der Waals surface area contributed by atoms with Gasteiger partial charge in [-0.15, -0.1) is 0 Å². The first-order valence-corrected chi connectivity index (χ1v) is 4.81. The fourth-order valence-corrected chi connectivity index (χ4v) is 0.866. The van der Waals surface area contributed by atoms with E-state index >= 15 is 0 Å². The van der Waals surface area contributed by atoms with Gasteiger partial charge in [0.15, 0.2) is 0 Å². The first-order valence-electron chi connectivity index (χ1n) is 4.81. The quantitative estimate of drug-likeness (QED) is 0.745. The van der Waals surface area contributed by atoms with Crippen LogP contribution >= 0.6 is 0 Å². The SMILES string of the molecule is CC(C)C(N)CC(=O)NCCC(F)(F)F. The Labute approximate surface area is 87.2 Å². The molecule has 0 saturated heterocycles. The van der Waals surface area contributed by atoms with Crippen molar-refractivity contribution in [2.45, 2.75) is 38.9 Å². The number of alkyl halides is 3. The highest BCUT2D eigenvalue weighted by Crippen LogP contribution is 2.18. The number of hydrogen-bond donors (Lipinski definition) is 2. The molecule has 0 spiro atoms. The molecule has 0 bridgehead atoms. The van der Waals surface area contributed by atoms with Crippen LogP contribution in [0.4, 0.5) is 13.2 Å². The van der Waals surface area contributed by atoms with Crippen molar-refractivity contribution in [2.75, 3.05) is 6.54 Å². The number of rotatable bonds is 5. The topological polar surface area (TPSA) is 55.1 Å². The minimum atomic E-state index is -4.23. The minimum absolute atomic E-state index is 0.0650. The zero-order valence-corrected chi connectivity index (χ0v) is 8.90. The Balaban J connectivity index is 3.67. The van der Waals surface area contributed by atoms with E-state index < -0.39 is 18.5 Å². The molecule has 0 aromatic carbocycles. The number of halogens is 3. The molecule has 0 heterocycles. The summed E-state index contributed by atoms with van der Waals surface area (Å²) in [5.41, 5.74) is 5.59. The Morgan fingerprint density at radius 1 is 1.40 bits per heavy atom. The van der Waals surface area contributed by atoms with Crippen molar-refractivity contribution in [3.63, 3.8) is 0 Å². The first-order chi connectivity index (χ1) is 6.72. The minimum Gasteiger partial charge on any atom is -0.356 e. The third-order valence-corrected chi connectivity index (χ3v) is 2.01. The summed E-state index contributed by atoms with van der Waals surface area (Å²) in [6, 6.07) is -0.309. The lowest BCUT2D eigenvalue weighted by atomic mass is 10.0. The molecule has 0 aromatic rings. The van der Waals surface area contributed by atoms with Crippen LogP contribution in [0.25, 0.3) is 0 Å². The maximum absolute atomic E-state index is 11.7. The van der Waals surface area contributed by atoms with E-state index in [1.54, 1.807) is 0 Å². The van der Waals surface area contributed by atoms with Crippen LogP contribution in [0.2, 0.25) is 0 Å². The molecule has 90 valence electrons. The molecule has 1 amide bonds. The lowest BCUT2D eigenvalue weighted by Gasteiger charge is -2.15. The van der Waals surface area contributed by atoms with Crippen LogP contribution in [0.3, 0.4) is 0 Å². The molecule has 6 heteroatoms. The lowest BCUT2D eigenvalue weighted by Crippen LogP contribution is -2.36. The molecule has 0 aliphatic heterocycles. The molecule has 15 heavy (non-hydrogen) atoms. The van der Waals surface area contributed by atoms with Crippen LogP contribution in [0.15, 0.2) is 0 Å². The largest absolute Gasteiger partial charge is 0.390 e. The van der Waals surface area contributed by atoms with Crippen LogP contribution in [0.1, 0.15) is 26.7 Å². The highest BCUT2D eigenvalue weighted by molar-refractivity contribution is 5.76. The van der Waals surface area contributed by atoms with Gasteiger partial charge in [0.05, 0.1) is 6.42 Å². The smallest absolute Gasteiger partial charge is 0.356 e. The zero-order valence-electron chi connectivity index (χ0n) is 8.90. The summed E-state index contributed by atoms with van der Waals surface area (Å²) < 4.78 is 35.2. The number of hydrogen-bond acceptors (Lipinski definition) is 2. The Morgan fingerprint density at radius 2 is 1.93 bits per heavy atom. The van der Waals surface area contributed by atoms with E-state index in [2.05, 4.69) is 5.32 Å². The molecule has 3 N–H and O–H groups in total. The van der Waals surface area contributed by atoms with Gasteiger partial charge in [0.25, 0.3) is 0 Å². The van der Waals surface area contributed by atoms with E-state index in [0.717, 1.165) is 0 Å². The van der Waals surface area contributed by atoms with Crippen molar-refractivity contribution in [1.29, 1.82) is 0 Å². The van der Waals surface area contributed by atoms with E-state index in [9.17, 15) is 18.0 Å². The maximum atomic E-state index is 11.7. The van der Waals surface area contributed by atoms with Gasteiger partial charge < -0.3 is 11.1 Å². The van der Waals surface area contributed by atoms with E-state index in [-0.39, 0.29) is 24.9 Å². The monoisotopic (exact) mass is 226 g/mol. The van der Waals surface area contributed by atoms with Gasteiger partial charge in [0, 0.05) is 19.0 Å². The van der Waals surface area contributed by atoms with E-state index in [4.69, 9.17) is 5.73 Å². The number of nitrogens with one attached hydrogen (secondary N) is 1. The molecule has 1 atom stereocenters. The molecule has 3 nitrogen and oxygen atoms in total. The predicted octanol–water partition coefficient (Wildman–Crippen LogP) is 1.43. The summed E-state index contributed by atoms with van der Waals surface area (Å²) in [4.78, 5) is 11.1. The lowest BCUT2D eigenvalue weighted by molar-refractivity contribution is -0.135. The second-order valence-electron chi connectivity index (χ2n) is 3.83. The van der Waals surface area contributed by atoms with Gasteiger partial charge >= 0.3 is 6.18 Å². The average Bonchev–Trinajstić information content (AvgIpc) is 2.01. The number of nitrogens with two attached hydrogens (primary N) is 1. The van der Waals surface area contributed by atoms with Crippen molar-refractivity contribution in [3.8, 4) is 0 Å². The van der Waals surface area contributed by atoms with Crippen LogP contribution in [-0.4, -0.2) is 24.7 Å². The molecule has 0 aromatic heterocycles. The third-order valence-electron chi connectivity index (χ3n) is 2.01. The number of carbonyl (C=O) groups excluding carboxylic acids is 1. The Kier molecular flexibility index (Phi) is 5.64. The molecule has 0 radical (unpaired) electrons. The van der Waals surface area contributed by atoms with Gasteiger partial charge in [-0.1, -0.05) is 13.8 Å². The van der Waals surface area contributed by atoms with Crippen molar-refractivity contribution in [2.24, 2.45) is 11.7 Å². The predicted molar refractivity (Wildman–Crippen MR) is 51.1 cm³/mol. The summed E-state index contributed by atoms with van der Waals surface area (Å²) in [5.74, 6) is -0.293. The molecule has 0 fully saturated rings. The zero-order chi connectivity index (χ0) is 12.1. The summed E-state index contributed by atoms with van der Waals surface area (Å²) >= 11 is 0. The van der Waals surface area contributed by atoms with E-state index in [1.165, 1.54) is 0 Å². The Bertz CT molecular complexity index is 204. The summed E-state index contributed by atoms with van der Waals surface area (Å²) in [5, 5.41) is 2.19. The summed E-state index contributed by atoms with van der Waals surface area (Å²) in [7, 11) is 0. The van der Waals surface area contributed by atoms with Gasteiger partial charge in [-0.05, 0) is 5.92 Å². The van der Waals surface area contributed by atoms with Crippen molar-refractivity contribution in [1.82, 2.24) is 5.32 Å². The van der Waals surface area contributed by atoms with Gasteiger partial charge in [-0.25, -0.2) is 0 Å². The van der Waals surface area contributed by atoms with Gasteiger partial charge in [-0.2, -0.15) is 13.2 Å². The van der Waals surface area contributed by atoms with E-state index in [1.807, 2.05) is 13.8 Å². The fraction of sp³-hybridized carbons (Fsp3) is 0.889. The van der Waals surface area contributed by atoms with Gasteiger partial charge in [0.1, 0.15) is 0 Å². The van der Waals surface area contributed by atoms with Crippen LogP contribution in [0, 0.1) is 5.92 Å². The first kappa shape index (κ1) is 14.2. The fourth-order valence-electron chi connectivity index (χ4n) is 0.866. The number of amides is 1. The van der Waals surface area contributed by atoms with E-state index in [0.29, 0.717) is 0 Å².